The van der Waals surface area contributed by atoms with Gasteiger partial charge in [0.2, 0.25) is 5.91 Å². The van der Waals surface area contributed by atoms with Gasteiger partial charge < -0.3 is 20.6 Å². The lowest BCUT2D eigenvalue weighted by atomic mass is 10.2. The molecule has 108 valence electrons. The molecule has 7 nitrogen and oxygen atoms in total. The number of amides is 3. The molecule has 0 saturated carbocycles. The molecule has 0 bridgehead atoms. The van der Waals surface area contributed by atoms with Gasteiger partial charge in [-0.05, 0) is 6.92 Å². The van der Waals surface area contributed by atoms with Crippen molar-refractivity contribution in [2.24, 2.45) is 0 Å². The number of hydrogen-bond donors (Lipinski definition) is 3. The number of likely N-dealkylation sites (N-methyl/N-ethyl adjacent to an activating group) is 1. The second-order valence-corrected chi connectivity index (χ2v) is 5.46. The Hall–Kier alpha value is -1.44. The third-order valence-corrected chi connectivity index (χ3v) is 3.97. The van der Waals surface area contributed by atoms with Crippen molar-refractivity contribution < 1.29 is 19.5 Å². The van der Waals surface area contributed by atoms with E-state index >= 15 is 0 Å². The van der Waals surface area contributed by atoms with Gasteiger partial charge in [-0.25, -0.2) is 4.79 Å². The Labute approximate surface area is 116 Å². The first-order valence-electron chi connectivity index (χ1n) is 6.04. The number of urea groups is 1. The lowest BCUT2D eigenvalue weighted by Crippen LogP contribution is -2.55. The second-order valence-electron chi connectivity index (χ2n) is 4.31. The first-order chi connectivity index (χ1) is 8.95. The van der Waals surface area contributed by atoms with E-state index in [-0.39, 0.29) is 24.4 Å². The summed E-state index contributed by atoms with van der Waals surface area (Å²) < 4.78 is 0. The third kappa shape index (κ3) is 4.62. The van der Waals surface area contributed by atoms with Crippen LogP contribution in [0.15, 0.2) is 0 Å². The molecular weight excluding hydrogens is 270 g/mol. The predicted octanol–water partition coefficient (Wildman–Crippen LogP) is -0.277. The fourth-order valence-electron chi connectivity index (χ4n) is 1.84. The molecule has 3 amide bonds. The van der Waals surface area contributed by atoms with Gasteiger partial charge in [0.15, 0.2) is 0 Å². The molecule has 1 fully saturated rings. The van der Waals surface area contributed by atoms with Gasteiger partial charge >= 0.3 is 12.0 Å². The maximum Gasteiger partial charge on any atom is 0.318 e. The lowest BCUT2D eigenvalue weighted by Gasteiger charge is -2.35. The zero-order chi connectivity index (χ0) is 14.4. The van der Waals surface area contributed by atoms with Gasteiger partial charge in [0.1, 0.15) is 6.04 Å². The van der Waals surface area contributed by atoms with Crippen molar-refractivity contribution in [1.82, 2.24) is 15.5 Å². The van der Waals surface area contributed by atoms with E-state index < -0.39 is 12.0 Å². The fraction of sp³-hybridized carbons (Fsp3) is 0.727. The highest BCUT2D eigenvalue weighted by Gasteiger charge is 2.30. The number of thioether (sulfide) groups is 1. The Bertz CT molecular complexity index is 364. The number of nitrogens with zero attached hydrogens (tertiary/aromatic N) is 1. The van der Waals surface area contributed by atoms with Crippen LogP contribution in [-0.2, 0) is 9.59 Å². The Morgan fingerprint density at radius 3 is 2.74 bits per heavy atom. The highest BCUT2D eigenvalue weighted by molar-refractivity contribution is 7.99. The third-order valence-electron chi connectivity index (χ3n) is 2.88. The SMILES string of the molecule is CNC(=O)C(C)NC(=O)N1CCSCC1CC(=O)O. The minimum absolute atomic E-state index is 0.0746. The number of carboxylic acid groups (broad SMARTS) is 1. The summed E-state index contributed by atoms with van der Waals surface area (Å²) in [7, 11) is 1.50. The molecule has 1 heterocycles. The number of hydrogen-bond acceptors (Lipinski definition) is 4. The van der Waals surface area contributed by atoms with E-state index in [1.165, 1.54) is 11.9 Å². The van der Waals surface area contributed by atoms with Gasteiger partial charge in [-0.15, -0.1) is 0 Å². The normalized spacial score (nSPS) is 20.5. The largest absolute Gasteiger partial charge is 0.481 e. The number of carboxylic acids is 1. The van der Waals surface area contributed by atoms with E-state index in [1.807, 2.05) is 0 Å². The van der Waals surface area contributed by atoms with E-state index in [4.69, 9.17) is 5.11 Å². The number of carbonyl (C=O) groups excluding carboxylic acids is 2. The van der Waals surface area contributed by atoms with Crippen molar-refractivity contribution in [3.8, 4) is 0 Å². The van der Waals surface area contributed by atoms with Gasteiger partial charge in [-0.3, -0.25) is 9.59 Å². The van der Waals surface area contributed by atoms with Crippen molar-refractivity contribution in [2.75, 3.05) is 25.1 Å². The zero-order valence-electron chi connectivity index (χ0n) is 11.0. The molecule has 0 aliphatic carbocycles. The van der Waals surface area contributed by atoms with E-state index in [1.54, 1.807) is 18.7 Å². The molecule has 1 aliphatic rings. The topological polar surface area (TPSA) is 98.7 Å². The molecule has 2 unspecified atom stereocenters. The summed E-state index contributed by atoms with van der Waals surface area (Å²) in [6.45, 7) is 2.08. The summed E-state index contributed by atoms with van der Waals surface area (Å²) in [6, 6.07) is -1.35. The van der Waals surface area contributed by atoms with Crippen LogP contribution in [0.2, 0.25) is 0 Å². The molecule has 3 N–H and O–H groups in total. The summed E-state index contributed by atoms with van der Waals surface area (Å²) in [4.78, 5) is 35.7. The van der Waals surface area contributed by atoms with Crippen LogP contribution in [-0.4, -0.2) is 65.1 Å². The smallest absolute Gasteiger partial charge is 0.318 e. The van der Waals surface area contributed by atoms with Gasteiger partial charge in [-0.1, -0.05) is 0 Å². The minimum atomic E-state index is -0.926. The van der Waals surface area contributed by atoms with Crippen molar-refractivity contribution in [2.45, 2.75) is 25.4 Å². The van der Waals surface area contributed by atoms with Crippen LogP contribution in [0.5, 0.6) is 0 Å². The van der Waals surface area contributed by atoms with Crippen molar-refractivity contribution in [3.63, 3.8) is 0 Å². The molecule has 1 aliphatic heterocycles. The van der Waals surface area contributed by atoms with Crippen LogP contribution in [0.3, 0.4) is 0 Å². The molecule has 0 spiro atoms. The lowest BCUT2D eigenvalue weighted by molar-refractivity contribution is -0.138. The Balaban J connectivity index is 2.61. The predicted molar refractivity (Wildman–Crippen MR) is 72.1 cm³/mol. The first kappa shape index (κ1) is 15.6. The van der Waals surface area contributed by atoms with E-state index in [2.05, 4.69) is 10.6 Å². The van der Waals surface area contributed by atoms with Gasteiger partial charge in [0.05, 0.1) is 12.5 Å². The molecule has 0 aromatic carbocycles. The summed E-state index contributed by atoms with van der Waals surface area (Å²) >= 11 is 1.63. The maximum absolute atomic E-state index is 12.1. The van der Waals surface area contributed by atoms with Crippen LogP contribution >= 0.6 is 11.8 Å². The fourth-order valence-corrected chi connectivity index (χ4v) is 2.91. The Morgan fingerprint density at radius 2 is 2.16 bits per heavy atom. The van der Waals surface area contributed by atoms with Crippen molar-refractivity contribution in [1.29, 1.82) is 0 Å². The summed E-state index contributed by atoms with van der Waals surface area (Å²) in [5.74, 6) is 0.172. The molecule has 1 saturated heterocycles. The molecule has 2 atom stereocenters. The summed E-state index contributed by atoms with van der Waals surface area (Å²) in [5, 5.41) is 13.9. The summed E-state index contributed by atoms with van der Waals surface area (Å²) in [5.41, 5.74) is 0. The Morgan fingerprint density at radius 1 is 1.47 bits per heavy atom. The van der Waals surface area contributed by atoms with E-state index in [0.717, 1.165) is 5.75 Å². The van der Waals surface area contributed by atoms with Crippen LogP contribution in [0.1, 0.15) is 13.3 Å². The highest BCUT2D eigenvalue weighted by atomic mass is 32.2. The molecule has 0 aromatic heterocycles. The average Bonchev–Trinajstić information content (AvgIpc) is 2.37. The number of carbonyl (C=O) groups is 3. The van der Waals surface area contributed by atoms with Crippen LogP contribution < -0.4 is 10.6 Å². The molecule has 19 heavy (non-hydrogen) atoms. The van der Waals surface area contributed by atoms with Gasteiger partial charge in [0.25, 0.3) is 0 Å². The second kappa shape index (κ2) is 7.22. The van der Waals surface area contributed by atoms with E-state index in [0.29, 0.717) is 12.3 Å². The van der Waals surface area contributed by atoms with Crippen molar-refractivity contribution in [3.05, 3.63) is 0 Å². The maximum atomic E-state index is 12.1. The first-order valence-corrected chi connectivity index (χ1v) is 7.19. The van der Waals surface area contributed by atoms with Crippen LogP contribution in [0.25, 0.3) is 0 Å². The zero-order valence-corrected chi connectivity index (χ0v) is 11.8. The average molecular weight is 289 g/mol. The molecular formula is C11H19N3O4S. The number of rotatable bonds is 4. The van der Waals surface area contributed by atoms with Gasteiger partial charge in [-0.2, -0.15) is 11.8 Å². The Kier molecular flexibility index (Phi) is 5.94. The quantitative estimate of drug-likeness (QED) is 0.661. The van der Waals surface area contributed by atoms with Crippen LogP contribution in [0.4, 0.5) is 4.79 Å². The molecule has 0 aromatic rings. The summed E-state index contributed by atoms with van der Waals surface area (Å²) in [6.07, 6.45) is -0.0746. The number of nitrogens with one attached hydrogen (secondary N) is 2. The van der Waals surface area contributed by atoms with Gasteiger partial charge in [0, 0.05) is 25.1 Å². The van der Waals surface area contributed by atoms with Crippen LogP contribution in [0, 0.1) is 0 Å². The van der Waals surface area contributed by atoms with Crippen molar-refractivity contribution >= 4 is 29.7 Å². The monoisotopic (exact) mass is 289 g/mol. The standard InChI is InChI=1S/C11H19N3O4S/c1-7(10(17)12-2)13-11(18)14-3-4-19-6-8(14)5-9(15)16/h7-8H,3-6H2,1-2H3,(H,12,17)(H,13,18)(H,15,16). The molecule has 0 radical (unpaired) electrons. The highest BCUT2D eigenvalue weighted by Crippen LogP contribution is 2.19. The molecule has 1 rings (SSSR count). The minimum Gasteiger partial charge on any atom is -0.481 e. The number of aliphatic carboxylic acids is 1. The molecule has 8 heteroatoms. The van der Waals surface area contributed by atoms with E-state index in [9.17, 15) is 14.4 Å².